The predicted molar refractivity (Wildman–Crippen MR) is 56.4 cm³/mol. The number of hydrogen-bond donors (Lipinski definition) is 1. The Morgan fingerprint density at radius 1 is 1.60 bits per heavy atom. The van der Waals surface area contributed by atoms with Crippen molar-refractivity contribution in [2.75, 3.05) is 0 Å². The van der Waals surface area contributed by atoms with E-state index in [0.717, 1.165) is 24.2 Å². The first-order chi connectivity index (χ1) is 7.04. The van der Waals surface area contributed by atoms with Crippen LogP contribution in [0.3, 0.4) is 0 Å². The van der Waals surface area contributed by atoms with Crippen LogP contribution in [-0.2, 0) is 6.42 Å². The number of fused-ring (bicyclic) bond motifs is 1. The molecule has 0 radical (unpaired) electrons. The van der Waals surface area contributed by atoms with Crippen molar-refractivity contribution in [3.8, 4) is 5.75 Å². The zero-order chi connectivity index (χ0) is 11.1. The maximum atomic E-state index is 10.8. The lowest BCUT2D eigenvalue weighted by Gasteiger charge is -2.21. The molecule has 1 aromatic rings. The fourth-order valence-electron chi connectivity index (χ4n) is 1.85. The van der Waals surface area contributed by atoms with Crippen LogP contribution in [-0.4, -0.2) is 16.7 Å². The third kappa shape index (κ3) is 1.69. The molecule has 0 aliphatic carbocycles. The fraction of sp³-hybridized carbons (Fsp3) is 0.417. The highest BCUT2D eigenvalue weighted by Gasteiger charge is 2.33. The van der Waals surface area contributed by atoms with Gasteiger partial charge in [-0.15, -0.1) is 0 Å². The minimum Gasteiger partial charge on any atom is -0.487 e. The lowest BCUT2D eigenvalue weighted by molar-refractivity contribution is 0.0697. The molecule has 3 heteroatoms. The van der Waals surface area contributed by atoms with Gasteiger partial charge in [-0.3, -0.25) is 0 Å². The summed E-state index contributed by atoms with van der Waals surface area (Å²) in [4.78, 5) is 10.8. The van der Waals surface area contributed by atoms with E-state index in [1.54, 1.807) is 18.2 Å². The van der Waals surface area contributed by atoms with Gasteiger partial charge in [-0.1, -0.05) is 6.92 Å². The maximum Gasteiger partial charge on any atom is 0.335 e. The van der Waals surface area contributed by atoms with Crippen LogP contribution >= 0.6 is 0 Å². The van der Waals surface area contributed by atoms with Crippen molar-refractivity contribution in [3.05, 3.63) is 29.3 Å². The van der Waals surface area contributed by atoms with Gasteiger partial charge in [-0.25, -0.2) is 4.79 Å². The summed E-state index contributed by atoms with van der Waals surface area (Å²) in [6.45, 7) is 4.12. The van der Waals surface area contributed by atoms with Gasteiger partial charge < -0.3 is 9.84 Å². The fourth-order valence-corrected chi connectivity index (χ4v) is 1.85. The van der Waals surface area contributed by atoms with Crippen LogP contribution in [0, 0.1) is 0 Å². The molecule has 80 valence electrons. The van der Waals surface area contributed by atoms with Crippen LogP contribution in [0.2, 0.25) is 0 Å². The Morgan fingerprint density at radius 2 is 2.33 bits per heavy atom. The number of aromatic carboxylic acids is 1. The molecule has 0 saturated heterocycles. The summed E-state index contributed by atoms with van der Waals surface area (Å²) in [5.41, 5.74) is 1.16. The van der Waals surface area contributed by atoms with Gasteiger partial charge in [0.1, 0.15) is 11.4 Å². The van der Waals surface area contributed by atoms with E-state index in [0.29, 0.717) is 5.56 Å². The lowest BCUT2D eigenvalue weighted by Crippen LogP contribution is -2.28. The monoisotopic (exact) mass is 206 g/mol. The first-order valence-electron chi connectivity index (χ1n) is 5.09. The first-order valence-corrected chi connectivity index (χ1v) is 5.09. The Balaban J connectivity index is 2.35. The molecule has 15 heavy (non-hydrogen) atoms. The predicted octanol–water partition coefficient (Wildman–Crippen LogP) is 2.49. The summed E-state index contributed by atoms with van der Waals surface area (Å²) in [5.74, 6) is -0.0627. The number of hydrogen-bond acceptors (Lipinski definition) is 2. The van der Waals surface area contributed by atoms with E-state index in [-0.39, 0.29) is 5.60 Å². The topological polar surface area (TPSA) is 46.5 Å². The molecule has 1 atom stereocenters. The second kappa shape index (κ2) is 3.26. The zero-order valence-corrected chi connectivity index (χ0v) is 8.91. The molecule has 1 aromatic carbocycles. The number of rotatable bonds is 2. The molecule has 1 aliphatic heterocycles. The number of ether oxygens (including phenoxy) is 1. The third-order valence-corrected chi connectivity index (χ3v) is 2.98. The van der Waals surface area contributed by atoms with Crippen LogP contribution in [0.4, 0.5) is 0 Å². The van der Waals surface area contributed by atoms with Crippen molar-refractivity contribution in [2.24, 2.45) is 0 Å². The summed E-state index contributed by atoms with van der Waals surface area (Å²) >= 11 is 0. The van der Waals surface area contributed by atoms with Crippen molar-refractivity contribution in [2.45, 2.75) is 32.3 Å². The zero-order valence-electron chi connectivity index (χ0n) is 8.91. The molecular formula is C12H14O3. The number of carboxylic acid groups (broad SMARTS) is 1. The van der Waals surface area contributed by atoms with Crippen LogP contribution in [0.5, 0.6) is 5.75 Å². The third-order valence-electron chi connectivity index (χ3n) is 2.98. The summed E-state index contributed by atoms with van der Waals surface area (Å²) < 4.78 is 5.79. The smallest absolute Gasteiger partial charge is 0.335 e. The van der Waals surface area contributed by atoms with Crippen molar-refractivity contribution in [1.82, 2.24) is 0 Å². The number of carboxylic acids is 1. The molecule has 0 bridgehead atoms. The molecule has 1 heterocycles. The highest BCUT2D eigenvalue weighted by Crippen LogP contribution is 2.37. The largest absolute Gasteiger partial charge is 0.487 e. The molecule has 0 spiro atoms. The molecule has 3 nitrogen and oxygen atoms in total. The van der Waals surface area contributed by atoms with E-state index >= 15 is 0 Å². The van der Waals surface area contributed by atoms with Crippen molar-refractivity contribution >= 4 is 5.97 Å². The summed E-state index contributed by atoms with van der Waals surface area (Å²) in [5, 5.41) is 8.86. The quantitative estimate of drug-likeness (QED) is 0.808. The van der Waals surface area contributed by atoms with Crippen LogP contribution in [0.15, 0.2) is 18.2 Å². The van der Waals surface area contributed by atoms with Gasteiger partial charge in [0.05, 0.1) is 5.56 Å². The molecule has 0 fully saturated rings. The van der Waals surface area contributed by atoms with Crippen molar-refractivity contribution < 1.29 is 14.6 Å². The maximum absolute atomic E-state index is 10.8. The Kier molecular flexibility index (Phi) is 2.18. The molecule has 1 N–H and O–H groups in total. The number of benzene rings is 1. The standard InChI is InChI=1S/C12H14O3/c1-3-12(2)7-9-6-8(11(13)14)4-5-10(9)15-12/h4-6H,3,7H2,1-2H3,(H,13,14). The molecule has 1 aliphatic rings. The van der Waals surface area contributed by atoms with Gasteiger partial charge in [0, 0.05) is 6.42 Å². The SMILES string of the molecule is CCC1(C)Cc2cc(C(=O)O)ccc2O1. The molecular weight excluding hydrogens is 192 g/mol. The molecule has 0 saturated carbocycles. The Hall–Kier alpha value is -1.51. The Morgan fingerprint density at radius 3 is 2.93 bits per heavy atom. The second-order valence-electron chi connectivity index (χ2n) is 4.21. The van der Waals surface area contributed by atoms with E-state index in [1.165, 1.54) is 0 Å². The first kappa shape index (κ1) is 10.0. The lowest BCUT2D eigenvalue weighted by atomic mass is 9.96. The molecule has 1 unspecified atom stereocenters. The van der Waals surface area contributed by atoms with E-state index < -0.39 is 5.97 Å². The Labute approximate surface area is 88.7 Å². The van der Waals surface area contributed by atoms with Crippen molar-refractivity contribution in [1.29, 1.82) is 0 Å². The van der Waals surface area contributed by atoms with Gasteiger partial charge >= 0.3 is 5.97 Å². The average molecular weight is 206 g/mol. The second-order valence-corrected chi connectivity index (χ2v) is 4.21. The molecule has 2 rings (SSSR count). The molecule has 0 aromatic heterocycles. The van der Waals surface area contributed by atoms with E-state index in [4.69, 9.17) is 9.84 Å². The van der Waals surface area contributed by atoms with E-state index in [2.05, 4.69) is 6.92 Å². The minimum absolute atomic E-state index is 0.167. The molecule has 0 amide bonds. The highest BCUT2D eigenvalue weighted by atomic mass is 16.5. The van der Waals surface area contributed by atoms with Crippen LogP contribution < -0.4 is 4.74 Å². The summed E-state index contributed by atoms with van der Waals surface area (Å²) in [6, 6.07) is 5.04. The van der Waals surface area contributed by atoms with Crippen molar-refractivity contribution in [3.63, 3.8) is 0 Å². The Bertz CT molecular complexity index is 411. The van der Waals surface area contributed by atoms with Gasteiger partial charge in [0.2, 0.25) is 0 Å². The van der Waals surface area contributed by atoms with Crippen LogP contribution in [0.1, 0.15) is 36.2 Å². The van der Waals surface area contributed by atoms with E-state index in [9.17, 15) is 4.79 Å². The van der Waals surface area contributed by atoms with Gasteiger partial charge in [0.15, 0.2) is 0 Å². The average Bonchev–Trinajstić information content (AvgIpc) is 2.53. The van der Waals surface area contributed by atoms with Gasteiger partial charge in [-0.05, 0) is 37.1 Å². The van der Waals surface area contributed by atoms with Crippen LogP contribution in [0.25, 0.3) is 0 Å². The highest BCUT2D eigenvalue weighted by molar-refractivity contribution is 5.88. The number of carbonyl (C=O) groups is 1. The van der Waals surface area contributed by atoms with E-state index in [1.807, 2.05) is 6.92 Å². The summed E-state index contributed by atoms with van der Waals surface area (Å²) in [6.07, 6.45) is 1.71. The van der Waals surface area contributed by atoms with Gasteiger partial charge in [0.25, 0.3) is 0 Å². The summed E-state index contributed by atoms with van der Waals surface area (Å²) in [7, 11) is 0. The normalized spacial score (nSPS) is 23.3. The minimum atomic E-state index is -0.886. The van der Waals surface area contributed by atoms with Gasteiger partial charge in [-0.2, -0.15) is 0 Å².